The van der Waals surface area contributed by atoms with Crippen molar-refractivity contribution < 1.29 is 14.3 Å². The normalized spacial score (nSPS) is 10.8. The summed E-state index contributed by atoms with van der Waals surface area (Å²) in [6.45, 7) is 1.84. The number of fused-ring (bicyclic) bond motifs is 1. The van der Waals surface area contributed by atoms with Crippen LogP contribution in [-0.2, 0) is 6.42 Å². The quantitative estimate of drug-likeness (QED) is 0.590. The van der Waals surface area contributed by atoms with Crippen molar-refractivity contribution >= 4 is 16.8 Å². The average Bonchev–Trinajstić information content (AvgIpc) is 2.53. The molecule has 3 rings (SSSR count). The molecule has 0 bridgehead atoms. The van der Waals surface area contributed by atoms with E-state index in [0.29, 0.717) is 24.0 Å². The van der Waals surface area contributed by atoms with Gasteiger partial charge in [-0.1, -0.05) is 24.3 Å². The summed E-state index contributed by atoms with van der Waals surface area (Å²) in [6, 6.07) is 13.4. The second-order valence-electron chi connectivity index (χ2n) is 5.55. The Morgan fingerprint density at radius 1 is 1.09 bits per heavy atom. The molecule has 4 nitrogen and oxygen atoms in total. The number of aryl methyl sites for hydroxylation is 2. The summed E-state index contributed by atoms with van der Waals surface area (Å²) in [7, 11) is 0. The van der Waals surface area contributed by atoms with Crippen LogP contribution >= 0.6 is 0 Å². The molecule has 116 valence electrons. The molecule has 0 saturated heterocycles. The number of hydrogen-bond donors (Lipinski definition) is 1. The van der Waals surface area contributed by atoms with Gasteiger partial charge in [-0.2, -0.15) is 0 Å². The number of carbonyl (C=O) groups excluding carboxylic acids is 1. The van der Waals surface area contributed by atoms with Crippen molar-refractivity contribution in [3.8, 4) is 5.75 Å². The summed E-state index contributed by atoms with van der Waals surface area (Å²) in [5.41, 5.74) is 2.37. The number of phenols is 1. The molecule has 0 spiro atoms. The molecule has 1 N–H and O–H groups in total. The van der Waals surface area contributed by atoms with Crippen LogP contribution in [0.25, 0.3) is 11.0 Å². The average molecular weight is 308 g/mol. The Morgan fingerprint density at radius 2 is 1.83 bits per heavy atom. The van der Waals surface area contributed by atoms with Gasteiger partial charge in [-0.3, -0.25) is 4.79 Å². The number of phenolic OH excluding ortho intramolecular Hbond substituents is 1. The molecule has 1 aromatic heterocycles. The van der Waals surface area contributed by atoms with Crippen LogP contribution < -0.4 is 5.63 Å². The van der Waals surface area contributed by atoms with E-state index in [2.05, 4.69) is 0 Å². The number of rotatable bonds is 4. The molecule has 0 atom stereocenters. The third-order valence-electron chi connectivity index (χ3n) is 3.85. The van der Waals surface area contributed by atoms with Gasteiger partial charge in [0.25, 0.3) is 0 Å². The molecular weight excluding hydrogens is 292 g/mol. The Bertz CT molecular complexity index is 920. The summed E-state index contributed by atoms with van der Waals surface area (Å²) in [5, 5.41) is 10.1. The van der Waals surface area contributed by atoms with Crippen LogP contribution in [0, 0.1) is 6.92 Å². The van der Waals surface area contributed by atoms with E-state index in [1.54, 1.807) is 42.5 Å². The SMILES string of the molecule is Cc1cc(=O)oc2cc(C(=O)CCc3ccc(O)cc3)ccc12. The van der Waals surface area contributed by atoms with Crippen molar-refractivity contribution in [2.75, 3.05) is 0 Å². The van der Waals surface area contributed by atoms with E-state index in [1.807, 2.05) is 6.92 Å². The van der Waals surface area contributed by atoms with E-state index in [4.69, 9.17) is 4.42 Å². The molecule has 3 aromatic rings. The fraction of sp³-hybridized carbons (Fsp3) is 0.158. The van der Waals surface area contributed by atoms with Crippen LogP contribution in [0.3, 0.4) is 0 Å². The highest BCUT2D eigenvalue weighted by molar-refractivity contribution is 5.99. The Morgan fingerprint density at radius 3 is 2.57 bits per heavy atom. The van der Waals surface area contributed by atoms with Crippen molar-refractivity contribution in [3.63, 3.8) is 0 Å². The molecule has 4 heteroatoms. The molecule has 0 radical (unpaired) electrons. The lowest BCUT2D eigenvalue weighted by atomic mass is 10.0. The largest absolute Gasteiger partial charge is 0.508 e. The van der Waals surface area contributed by atoms with Crippen LogP contribution in [0.15, 0.2) is 57.7 Å². The number of aromatic hydroxyl groups is 1. The lowest BCUT2D eigenvalue weighted by Gasteiger charge is -2.05. The van der Waals surface area contributed by atoms with Crippen molar-refractivity contribution in [3.05, 3.63) is 75.6 Å². The van der Waals surface area contributed by atoms with Crippen molar-refractivity contribution in [1.82, 2.24) is 0 Å². The lowest BCUT2D eigenvalue weighted by Crippen LogP contribution is -2.03. The van der Waals surface area contributed by atoms with E-state index in [-0.39, 0.29) is 11.5 Å². The zero-order chi connectivity index (χ0) is 16.4. The van der Waals surface area contributed by atoms with Gasteiger partial charge in [0, 0.05) is 23.4 Å². The highest BCUT2D eigenvalue weighted by Gasteiger charge is 2.10. The Hall–Kier alpha value is -2.88. The Labute approximate surface area is 133 Å². The van der Waals surface area contributed by atoms with Gasteiger partial charge < -0.3 is 9.52 Å². The minimum Gasteiger partial charge on any atom is -0.508 e. The van der Waals surface area contributed by atoms with Crippen molar-refractivity contribution in [2.45, 2.75) is 19.8 Å². The maximum absolute atomic E-state index is 12.3. The molecule has 1 heterocycles. The van der Waals surface area contributed by atoms with Crippen LogP contribution in [-0.4, -0.2) is 10.9 Å². The summed E-state index contributed by atoms with van der Waals surface area (Å²) in [6.07, 6.45) is 0.946. The standard InChI is InChI=1S/C19H16O4/c1-12-10-19(22)23-18-11-14(5-8-16(12)18)17(21)9-4-13-2-6-15(20)7-3-13/h2-3,5-8,10-11,20H,4,9H2,1H3. The van der Waals surface area contributed by atoms with Gasteiger partial charge in [-0.15, -0.1) is 0 Å². The fourth-order valence-electron chi connectivity index (χ4n) is 2.56. The zero-order valence-electron chi connectivity index (χ0n) is 12.7. The number of Topliss-reactive ketones (excluding diaryl/α,β-unsaturated/α-hetero) is 1. The van der Waals surface area contributed by atoms with Gasteiger partial charge in [0.2, 0.25) is 0 Å². The van der Waals surface area contributed by atoms with E-state index in [0.717, 1.165) is 16.5 Å². The van der Waals surface area contributed by atoms with Crippen LogP contribution in [0.4, 0.5) is 0 Å². The first-order valence-electron chi connectivity index (χ1n) is 7.38. The first-order chi connectivity index (χ1) is 11.0. The van der Waals surface area contributed by atoms with Gasteiger partial charge in [0.05, 0.1) is 0 Å². The predicted octanol–water partition coefficient (Wildman–Crippen LogP) is 3.62. The van der Waals surface area contributed by atoms with E-state index in [9.17, 15) is 14.7 Å². The number of hydrogen-bond acceptors (Lipinski definition) is 4. The molecule has 0 unspecified atom stereocenters. The van der Waals surface area contributed by atoms with Gasteiger partial charge in [0.15, 0.2) is 5.78 Å². The highest BCUT2D eigenvalue weighted by atomic mass is 16.4. The summed E-state index contributed by atoms with van der Waals surface area (Å²) in [5.74, 6) is 0.198. The Balaban J connectivity index is 1.80. The molecule has 0 aliphatic rings. The van der Waals surface area contributed by atoms with Gasteiger partial charge >= 0.3 is 5.63 Å². The van der Waals surface area contributed by atoms with Crippen molar-refractivity contribution in [2.24, 2.45) is 0 Å². The number of benzene rings is 2. The minimum atomic E-state index is -0.413. The molecule has 0 aliphatic heterocycles. The van der Waals surface area contributed by atoms with E-state index in [1.165, 1.54) is 6.07 Å². The van der Waals surface area contributed by atoms with Crippen molar-refractivity contribution in [1.29, 1.82) is 0 Å². The molecule has 0 amide bonds. The molecule has 23 heavy (non-hydrogen) atoms. The fourth-order valence-corrected chi connectivity index (χ4v) is 2.56. The van der Waals surface area contributed by atoms with Crippen LogP contribution in [0.5, 0.6) is 5.75 Å². The smallest absolute Gasteiger partial charge is 0.336 e. The van der Waals surface area contributed by atoms with Crippen LogP contribution in [0.2, 0.25) is 0 Å². The summed E-state index contributed by atoms with van der Waals surface area (Å²) >= 11 is 0. The maximum Gasteiger partial charge on any atom is 0.336 e. The minimum absolute atomic E-state index is 0.0101. The lowest BCUT2D eigenvalue weighted by molar-refractivity contribution is 0.0983. The van der Waals surface area contributed by atoms with E-state index < -0.39 is 5.63 Å². The third-order valence-corrected chi connectivity index (χ3v) is 3.85. The molecule has 0 fully saturated rings. The summed E-state index contributed by atoms with van der Waals surface area (Å²) in [4.78, 5) is 23.8. The second-order valence-corrected chi connectivity index (χ2v) is 5.55. The van der Waals surface area contributed by atoms with Crippen LogP contribution in [0.1, 0.15) is 27.9 Å². The molecule has 0 aliphatic carbocycles. The second kappa shape index (κ2) is 6.08. The topological polar surface area (TPSA) is 67.5 Å². The van der Waals surface area contributed by atoms with E-state index >= 15 is 0 Å². The third kappa shape index (κ3) is 3.31. The van der Waals surface area contributed by atoms with Gasteiger partial charge in [-0.05, 0) is 42.7 Å². The summed E-state index contributed by atoms with van der Waals surface area (Å²) < 4.78 is 5.17. The first kappa shape index (κ1) is 15.0. The Kier molecular flexibility index (Phi) is 3.98. The van der Waals surface area contributed by atoms with Gasteiger partial charge in [-0.25, -0.2) is 4.79 Å². The number of carbonyl (C=O) groups is 1. The molecular formula is C19H16O4. The molecule has 2 aromatic carbocycles. The van der Waals surface area contributed by atoms with Gasteiger partial charge in [0.1, 0.15) is 11.3 Å². The number of ketones is 1. The zero-order valence-corrected chi connectivity index (χ0v) is 12.7. The first-order valence-corrected chi connectivity index (χ1v) is 7.38. The predicted molar refractivity (Wildman–Crippen MR) is 88.0 cm³/mol. The molecule has 0 saturated carbocycles. The monoisotopic (exact) mass is 308 g/mol. The highest BCUT2D eigenvalue weighted by Crippen LogP contribution is 2.19. The maximum atomic E-state index is 12.3.